The average Bonchev–Trinajstić information content (AvgIpc) is 2.44. The molecule has 2 N–H and O–H groups in total. The highest BCUT2D eigenvalue weighted by molar-refractivity contribution is 6.31. The first kappa shape index (κ1) is 15.4. The average molecular weight is 303 g/mol. The lowest BCUT2D eigenvalue weighted by molar-refractivity contribution is 0.0753. The van der Waals surface area contributed by atoms with Crippen LogP contribution in [0.1, 0.15) is 28.4 Å². The molecule has 1 amide bonds. The molecule has 4 heteroatoms. The van der Waals surface area contributed by atoms with Crippen molar-refractivity contribution in [2.24, 2.45) is 0 Å². The number of hydrogen-bond acceptors (Lipinski definition) is 2. The van der Waals surface area contributed by atoms with Crippen molar-refractivity contribution in [2.45, 2.75) is 20.4 Å². The van der Waals surface area contributed by atoms with Gasteiger partial charge in [0, 0.05) is 29.4 Å². The van der Waals surface area contributed by atoms with Crippen LogP contribution in [0.2, 0.25) is 5.02 Å². The maximum Gasteiger partial charge on any atom is 0.254 e. The molecule has 0 fully saturated rings. The van der Waals surface area contributed by atoms with Gasteiger partial charge in [-0.2, -0.15) is 0 Å². The van der Waals surface area contributed by atoms with Crippen LogP contribution < -0.4 is 5.73 Å². The van der Waals surface area contributed by atoms with E-state index in [1.54, 1.807) is 11.0 Å². The fourth-order valence-electron chi connectivity index (χ4n) is 2.25. The topological polar surface area (TPSA) is 46.3 Å². The van der Waals surface area contributed by atoms with Crippen molar-refractivity contribution in [2.75, 3.05) is 12.3 Å². The van der Waals surface area contributed by atoms with E-state index in [-0.39, 0.29) is 5.91 Å². The molecule has 2 aromatic carbocycles. The van der Waals surface area contributed by atoms with Crippen molar-refractivity contribution in [1.29, 1.82) is 0 Å². The van der Waals surface area contributed by atoms with Crippen molar-refractivity contribution >= 4 is 23.2 Å². The van der Waals surface area contributed by atoms with Crippen molar-refractivity contribution in [1.82, 2.24) is 4.90 Å². The predicted molar refractivity (Wildman–Crippen MR) is 87.5 cm³/mol. The highest BCUT2D eigenvalue weighted by Crippen LogP contribution is 2.19. The Morgan fingerprint density at radius 2 is 1.95 bits per heavy atom. The molecule has 0 radical (unpaired) electrons. The Balaban J connectivity index is 2.24. The molecule has 0 aliphatic rings. The maximum absolute atomic E-state index is 12.6. The molecule has 0 saturated carbocycles. The Kier molecular flexibility index (Phi) is 4.86. The summed E-state index contributed by atoms with van der Waals surface area (Å²) in [5.74, 6) is -0.0358. The van der Waals surface area contributed by atoms with Crippen LogP contribution in [0.4, 0.5) is 5.69 Å². The van der Waals surface area contributed by atoms with Crippen molar-refractivity contribution < 1.29 is 4.79 Å². The first-order valence-corrected chi connectivity index (χ1v) is 7.29. The zero-order valence-electron chi connectivity index (χ0n) is 12.3. The largest absolute Gasteiger partial charge is 0.398 e. The molecule has 0 aromatic heterocycles. The summed E-state index contributed by atoms with van der Waals surface area (Å²) in [6.07, 6.45) is 0. The Morgan fingerprint density at radius 3 is 2.57 bits per heavy atom. The van der Waals surface area contributed by atoms with E-state index in [1.165, 1.54) is 0 Å². The number of carbonyl (C=O) groups excluding carboxylic acids is 1. The summed E-state index contributed by atoms with van der Waals surface area (Å²) in [4.78, 5) is 14.4. The Hall–Kier alpha value is -2.00. The molecule has 2 aromatic rings. The normalized spacial score (nSPS) is 10.4. The van der Waals surface area contributed by atoms with Crippen molar-refractivity contribution in [3.8, 4) is 0 Å². The minimum atomic E-state index is -0.0358. The van der Waals surface area contributed by atoms with Crippen LogP contribution in [-0.2, 0) is 6.54 Å². The van der Waals surface area contributed by atoms with Gasteiger partial charge in [0.15, 0.2) is 0 Å². The third kappa shape index (κ3) is 3.76. The number of hydrogen-bond donors (Lipinski definition) is 1. The summed E-state index contributed by atoms with van der Waals surface area (Å²) >= 11 is 6.04. The number of carbonyl (C=O) groups is 1. The van der Waals surface area contributed by atoms with E-state index in [0.717, 1.165) is 11.1 Å². The molecule has 0 heterocycles. The smallest absolute Gasteiger partial charge is 0.254 e. The van der Waals surface area contributed by atoms with Gasteiger partial charge < -0.3 is 10.6 Å². The quantitative estimate of drug-likeness (QED) is 0.871. The monoisotopic (exact) mass is 302 g/mol. The minimum absolute atomic E-state index is 0.0358. The van der Waals surface area contributed by atoms with Gasteiger partial charge in [-0.05, 0) is 49.2 Å². The predicted octanol–water partition coefficient (Wildman–Crippen LogP) is 3.89. The molecule has 3 nitrogen and oxygen atoms in total. The van der Waals surface area contributed by atoms with E-state index >= 15 is 0 Å². The molecule has 0 aliphatic heterocycles. The maximum atomic E-state index is 12.6. The second-order valence-electron chi connectivity index (χ2n) is 5.04. The number of rotatable bonds is 4. The zero-order valence-corrected chi connectivity index (χ0v) is 13.0. The van der Waals surface area contributed by atoms with Gasteiger partial charge >= 0.3 is 0 Å². The van der Waals surface area contributed by atoms with Crippen LogP contribution >= 0.6 is 11.6 Å². The van der Waals surface area contributed by atoms with Gasteiger partial charge in [0.2, 0.25) is 0 Å². The number of nitrogen functional groups attached to an aromatic ring is 1. The Labute approximate surface area is 130 Å². The van der Waals surface area contributed by atoms with Gasteiger partial charge in [-0.3, -0.25) is 4.79 Å². The van der Waals surface area contributed by atoms with Gasteiger partial charge in [0.1, 0.15) is 0 Å². The number of anilines is 1. The molecule has 0 unspecified atom stereocenters. The molecule has 2 rings (SSSR count). The third-order valence-corrected chi connectivity index (χ3v) is 3.59. The fourth-order valence-corrected chi connectivity index (χ4v) is 2.54. The van der Waals surface area contributed by atoms with E-state index < -0.39 is 0 Å². The number of para-hydroxylation sites is 1. The first-order chi connectivity index (χ1) is 10.0. The number of aryl methyl sites for hydroxylation is 1. The van der Waals surface area contributed by atoms with Crippen LogP contribution in [0.5, 0.6) is 0 Å². The lowest BCUT2D eigenvalue weighted by atomic mass is 10.1. The number of amides is 1. The van der Waals surface area contributed by atoms with Gasteiger partial charge in [-0.25, -0.2) is 0 Å². The first-order valence-electron chi connectivity index (χ1n) is 6.91. The number of nitrogens with two attached hydrogens (primary N) is 1. The summed E-state index contributed by atoms with van der Waals surface area (Å²) < 4.78 is 0. The van der Waals surface area contributed by atoms with Crippen molar-refractivity contribution in [3.05, 3.63) is 64.2 Å². The molecule has 0 spiro atoms. The van der Waals surface area contributed by atoms with Crippen LogP contribution in [0.15, 0.2) is 42.5 Å². The SMILES string of the molecule is CCN(Cc1ccccc1N)C(=O)c1cc(C)cc(Cl)c1. The van der Waals surface area contributed by atoms with E-state index in [4.69, 9.17) is 17.3 Å². The molecule has 0 bridgehead atoms. The molecule has 0 aliphatic carbocycles. The summed E-state index contributed by atoms with van der Waals surface area (Å²) in [5, 5.41) is 0.577. The summed E-state index contributed by atoms with van der Waals surface area (Å²) in [6.45, 7) is 4.98. The lowest BCUT2D eigenvalue weighted by Crippen LogP contribution is -2.30. The number of nitrogens with zero attached hydrogens (tertiary/aromatic N) is 1. The van der Waals surface area contributed by atoms with Gasteiger partial charge in [0.05, 0.1) is 0 Å². The summed E-state index contributed by atoms with van der Waals surface area (Å²) in [6, 6.07) is 13.0. The fraction of sp³-hybridized carbons (Fsp3) is 0.235. The number of halogens is 1. The van der Waals surface area contributed by atoms with E-state index in [9.17, 15) is 4.79 Å². The summed E-state index contributed by atoms with van der Waals surface area (Å²) in [7, 11) is 0. The highest BCUT2D eigenvalue weighted by atomic mass is 35.5. The molecule has 0 atom stereocenters. The van der Waals surface area contributed by atoms with Crippen molar-refractivity contribution in [3.63, 3.8) is 0 Å². The molecule has 110 valence electrons. The number of benzene rings is 2. The molecular weight excluding hydrogens is 284 g/mol. The van der Waals surface area contributed by atoms with Gasteiger partial charge in [-0.15, -0.1) is 0 Å². The van der Waals surface area contributed by atoms with Gasteiger partial charge in [0.25, 0.3) is 5.91 Å². The second-order valence-corrected chi connectivity index (χ2v) is 5.47. The molecule has 21 heavy (non-hydrogen) atoms. The zero-order chi connectivity index (χ0) is 15.4. The second kappa shape index (κ2) is 6.64. The van der Waals surface area contributed by atoms with Gasteiger partial charge in [-0.1, -0.05) is 29.8 Å². The standard InChI is InChI=1S/C17H19ClN2O/c1-3-20(11-13-6-4-5-7-16(13)19)17(21)14-8-12(2)9-15(18)10-14/h4-10H,3,11,19H2,1-2H3. The Bertz CT molecular complexity index is 635. The van der Waals surface area contributed by atoms with E-state index in [0.29, 0.717) is 29.4 Å². The van der Waals surface area contributed by atoms with Crippen LogP contribution in [0.25, 0.3) is 0 Å². The highest BCUT2D eigenvalue weighted by Gasteiger charge is 2.16. The van der Waals surface area contributed by atoms with E-state index in [1.807, 2.05) is 50.2 Å². The van der Waals surface area contributed by atoms with Crippen LogP contribution in [0, 0.1) is 6.92 Å². The molecule has 0 saturated heterocycles. The van der Waals surface area contributed by atoms with Crippen LogP contribution in [0.3, 0.4) is 0 Å². The van der Waals surface area contributed by atoms with Crippen LogP contribution in [-0.4, -0.2) is 17.4 Å². The van der Waals surface area contributed by atoms with E-state index in [2.05, 4.69) is 0 Å². The molecular formula is C17H19ClN2O. The summed E-state index contributed by atoms with van der Waals surface area (Å²) in [5.41, 5.74) is 9.18. The minimum Gasteiger partial charge on any atom is -0.398 e. The third-order valence-electron chi connectivity index (χ3n) is 3.37. The lowest BCUT2D eigenvalue weighted by Gasteiger charge is -2.22. The Morgan fingerprint density at radius 1 is 1.24 bits per heavy atom.